The van der Waals surface area contributed by atoms with E-state index in [1.165, 1.54) is 0 Å². The molecule has 0 fully saturated rings. The fourth-order valence-electron chi connectivity index (χ4n) is 3.16. The number of carbonyl (C=O) groups is 2. The number of amides is 2. The molecule has 2 aliphatic heterocycles. The van der Waals surface area contributed by atoms with Crippen LogP contribution < -0.4 is 10.2 Å². The van der Waals surface area contributed by atoms with Gasteiger partial charge in [0.15, 0.2) is 0 Å². The van der Waals surface area contributed by atoms with Gasteiger partial charge in [0.25, 0.3) is 0 Å². The van der Waals surface area contributed by atoms with Crippen molar-refractivity contribution in [3.05, 3.63) is 23.3 Å². The molecule has 5 nitrogen and oxygen atoms in total. The second kappa shape index (κ2) is 5.48. The summed E-state index contributed by atoms with van der Waals surface area (Å²) in [5.41, 5.74) is 4.02. The number of aryl methyl sites for hydroxylation is 1. The lowest BCUT2D eigenvalue weighted by molar-refractivity contribution is -0.120. The number of carbonyl (C=O) groups excluding carboxylic acids is 2. The smallest absolute Gasteiger partial charge is 0.250 e. The van der Waals surface area contributed by atoms with E-state index in [9.17, 15) is 9.59 Å². The van der Waals surface area contributed by atoms with Crippen LogP contribution in [0.3, 0.4) is 0 Å². The van der Waals surface area contributed by atoms with Crippen molar-refractivity contribution in [2.45, 2.75) is 32.6 Å². The Hall–Kier alpha value is -1.88. The van der Waals surface area contributed by atoms with Gasteiger partial charge in [0.05, 0.1) is 11.6 Å². The minimum Gasteiger partial charge on any atom is -0.372 e. The number of benzene rings is 1. The van der Waals surface area contributed by atoms with Gasteiger partial charge < -0.3 is 15.0 Å². The van der Waals surface area contributed by atoms with Gasteiger partial charge in [0.2, 0.25) is 11.8 Å². The van der Waals surface area contributed by atoms with Crippen LogP contribution >= 0.6 is 0 Å². The number of nitrogens with one attached hydrogen (secondary N) is 1. The molecular formula is C16H20N2O3. The third-order valence-electron chi connectivity index (χ3n) is 4.14. The molecule has 1 atom stereocenters. The highest BCUT2D eigenvalue weighted by atomic mass is 16.5. The number of hydrogen-bond donors (Lipinski definition) is 1. The molecule has 0 unspecified atom stereocenters. The molecule has 5 heteroatoms. The summed E-state index contributed by atoms with van der Waals surface area (Å²) in [6.45, 7) is 5.17. The van der Waals surface area contributed by atoms with Crippen molar-refractivity contribution in [3.63, 3.8) is 0 Å². The zero-order valence-corrected chi connectivity index (χ0v) is 12.4. The van der Waals surface area contributed by atoms with E-state index in [1.54, 1.807) is 0 Å². The van der Waals surface area contributed by atoms with Gasteiger partial charge >= 0.3 is 0 Å². The quantitative estimate of drug-likeness (QED) is 0.922. The van der Waals surface area contributed by atoms with Gasteiger partial charge in [-0.1, -0.05) is 0 Å². The Kier molecular flexibility index (Phi) is 3.68. The Morgan fingerprint density at radius 1 is 1.48 bits per heavy atom. The fraction of sp³-hybridized carbons (Fsp3) is 0.500. The van der Waals surface area contributed by atoms with Crippen LogP contribution in [0.5, 0.6) is 0 Å². The summed E-state index contributed by atoms with van der Waals surface area (Å²) < 4.78 is 5.11. The summed E-state index contributed by atoms with van der Waals surface area (Å²) in [5, 5.41) is 2.86. The Balaban J connectivity index is 1.89. The fourth-order valence-corrected chi connectivity index (χ4v) is 3.16. The summed E-state index contributed by atoms with van der Waals surface area (Å²) in [4.78, 5) is 25.9. The first kappa shape index (κ1) is 14.1. The molecule has 0 saturated heterocycles. The largest absolute Gasteiger partial charge is 0.372 e. The summed E-state index contributed by atoms with van der Waals surface area (Å²) in [6.07, 6.45) is 1.93. The SMILES string of the molecule is CCOCC(=O)Nc1cc2c3c(c1)[C@@H](C)C(=O)N3CCC2. The average Bonchev–Trinajstić information content (AvgIpc) is 2.72. The minimum absolute atomic E-state index is 0.0591. The van der Waals surface area contributed by atoms with Crippen molar-refractivity contribution in [1.29, 1.82) is 0 Å². The van der Waals surface area contributed by atoms with E-state index in [1.807, 2.05) is 30.9 Å². The van der Waals surface area contributed by atoms with Crippen LogP contribution in [0.2, 0.25) is 0 Å². The van der Waals surface area contributed by atoms with Crippen LogP contribution in [-0.4, -0.2) is 31.6 Å². The van der Waals surface area contributed by atoms with Crippen LogP contribution in [0.4, 0.5) is 11.4 Å². The van der Waals surface area contributed by atoms with Gasteiger partial charge in [-0.05, 0) is 49.9 Å². The number of rotatable bonds is 4. The molecule has 1 aromatic rings. The van der Waals surface area contributed by atoms with E-state index in [2.05, 4.69) is 5.32 Å². The molecule has 112 valence electrons. The van der Waals surface area contributed by atoms with Crippen LogP contribution in [0.15, 0.2) is 12.1 Å². The van der Waals surface area contributed by atoms with E-state index in [0.29, 0.717) is 6.61 Å². The standard InChI is InChI=1S/C16H20N2O3/c1-3-21-9-14(19)17-12-7-11-5-4-6-18-15(11)13(8-12)10(2)16(18)20/h7-8,10H,3-6,9H2,1-2H3,(H,17,19)/t10-/m1/s1. The molecule has 0 aromatic heterocycles. The minimum atomic E-state index is -0.159. The van der Waals surface area contributed by atoms with Gasteiger partial charge in [0.1, 0.15) is 6.61 Å². The van der Waals surface area contributed by atoms with Crippen molar-refractivity contribution >= 4 is 23.2 Å². The summed E-state index contributed by atoms with van der Waals surface area (Å²) in [5.74, 6) is -0.113. The molecule has 0 radical (unpaired) electrons. The monoisotopic (exact) mass is 288 g/mol. The molecule has 3 rings (SSSR count). The molecule has 0 spiro atoms. The van der Waals surface area contributed by atoms with Crippen LogP contribution in [0.1, 0.15) is 37.3 Å². The maximum atomic E-state index is 12.3. The second-order valence-electron chi connectivity index (χ2n) is 5.57. The molecule has 2 amide bonds. The van der Waals surface area contributed by atoms with E-state index >= 15 is 0 Å². The van der Waals surface area contributed by atoms with E-state index in [4.69, 9.17) is 4.74 Å². The highest BCUT2D eigenvalue weighted by molar-refractivity contribution is 6.06. The molecule has 0 saturated carbocycles. The van der Waals surface area contributed by atoms with Crippen molar-refractivity contribution in [3.8, 4) is 0 Å². The van der Waals surface area contributed by atoms with Crippen LogP contribution in [0, 0.1) is 0 Å². The van der Waals surface area contributed by atoms with Crippen molar-refractivity contribution in [1.82, 2.24) is 0 Å². The van der Waals surface area contributed by atoms with Crippen molar-refractivity contribution in [2.75, 3.05) is 30.0 Å². The molecule has 1 aromatic carbocycles. The van der Waals surface area contributed by atoms with Gasteiger partial charge in [-0.25, -0.2) is 0 Å². The predicted molar refractivity (Wildman–Crippen MR) is 80.7 cm³/mol. The first-order valence-corrected chi connectivity index (χ1v) is 7.47. The van der Waals surface area contributed by atoms with Gasteiger partial charge in [-0.2, -0.15) is 0 Å². The summed E-state index contributed by atoms with van der Waals surface area (Å²) in [7, 11) is 0. The number of anilines is 2. The maximum absolute atomic E-state index is 12.3. The lowest BCUT2D eigenvalue weighted by atomic mass is 9.96. The van der Waals surface area contributed by atoms with Gasteiger partial charge in [-0.15, -0.1) is 0 Å². The van der Waals surface area contributed by atoms with E-state index in [0.717, 1.165) is 41.9 Å². The Labute approximate surface area is 124 Å². The van der Waals surface area contributed by atoms with Gasteiger partial charge in [0, 0.05) is 18.8 Å². The highest BCUT2D eigenvalue weighted by Gasteiger charge is 2.37. The molecule has 0 aliphatic carbocycles. The van der Waals surface area contributed by atoms with Gasteiger partial charge in [-0.3, -0.25) is 9.59 Å². The number of ether oxygens (including phenoxy) is 1. The predicted octanol–water partition coefficient (Wildman–Crippen LogP) is 2.06. The first-order chi connectivity index (χ1) is 10.1. The average molecular weight is 288 g/mol. The van der Waals surface area contributed by atoms with Crippen molar-refractivity contribution in [2.24, 2.45) is 0 Å². The molecule has 1 N–H and O–H groups in total. The van der Waals surface area contributed by atoms with Crippen LogP contribution in [-0.2, 0) is 20.7 Å². The lowest BCUT2D eigenvalue weighted by Crippen LogP contribution is -2.32. The molecule has 2 aliphatic rings. The first-order valence-electron chi connectivity index (χ1n) is 7.47. The van der Waals surface area contributed by atoms with Crippen LogP contribution in [0.25, 0.3) is 0 Å². The summed E-state index contributed by atoms with van der Waals surface area (Å²) in [6, 6.07) is 3.91. The lowest BCUT2D eigenvalue weighted by Gasteiger charge is -2.26. The molecular weight excluding hydrogens is 268 g/mol. The Bertz CT molecular complexity index is 597. The Morgan fingerprint density at radius 3 is 3.05 bits per heavy atom. The van der Waals surface area contributed by atoms with E-state index < -0.39 is 0 Å². The Morgan fingerprint density at radius 2 is 2.29 bits per heavy atom. The second-order valence-corrected chi connectivity index (χ2v) is 5.57. The zero-order valence-electron chi connectivity index (χ0n) is 12.4. The molecule has 0 bridgehead atoms. The summed E-state index contributed by atoms with van der Waals surface area (Å²) >= 11 is 0. The topological polar surface area (TPSA) is 58.6 Å². The van der Waals surface area contributed by atoms with Crippen molar-refractivity contribution < 1.29 is 14.3 Å². The third kappa shape index (κ3) is 2.42. The normalized spacial score (nSPS) is 19.6. The number of hydrogen-bond acceptors (Lipinski definition) is 3. The zero-order chi connectivity index (χ0) is 15.0. The highest BCUT2D eigenvalue weighted by Crippen LogP contribution is 2.44. The van der Waals surface area contributed by atoms with E-state index in [-0.39, 0.29) is 24.3 Å². The molecule has 21 heavy (non-hydrogen) atoms. The third-order valence-corrected chi connectivity index (χ3v) is 4.14. The molecule has 2 heterocycles. The maximum Gasteiger partial charge on any atom is 0.250 e. The number of nitrogens with zero attached hydrogens (tertiary/aromatic N) is 1.